The lowest BCUT2D eigenvalue weighted by atomic mass is 10.0. The predicted octanol–water partition coefficient (Wildman–Crippen LogP) is 0.903. The van der Waals surface area contributed by atoms with Gasteiger partial charge in [0.1, 0.15) is 0 Å². The highest BCUT2D eigenvalue weighted by Gasteiger charge is 2.17. The second kappa shape index (κ2) is 6.86. The molecule has 0 aromatic rings. The molecule has 0 aromatic heterocycles. The quantitative estimate of drug-likeness (QED) is 0.710. The van der Waals surface area contributed by atoms with Crippen LogP contribution in [0.3, 0.4) is 0 Å². The third-order valence-corrected chi connectivity index (χ3v) is 2.94. The van der Waals surface area contributed by atoms with Gasteiger partial charge in [-0.1, -0.05) is 13.8 Å². The van der Waals surface area contributed by atoms with Gasteiger partial charge in [-0.2, -0.15) is 0 Å². The molecule has 0 aliphatic carbocycles. The maximum atomic E-state index is 11.6. The molecule has 0 spiro atoms. The van der Waals surface area contributed by atoms with E-state index in [-0.39, 0.29) is 11.9 Å². The number of carbonyl (C=O) groups is 1. The van der Waals surface area contributed by atoms with Crippen molar-refractivity contribution in [2.24, 2.45) is 17.6 Å². The average molecular weight is 228 g/mol. The Kier molecular flexibility index (Phi) is 5.77. The van der Waals surface area contributed by atoms with E-state index in [0.717, 1.165) is 39.0 Å². The van der Waals surface area contributed by atoms with Gasteiger partial charge in [0.2, 0.25) is 5.91 Å². The standard InChI is InChI=1S/C12H24N2O2/c1-9(2)7-11(13)12(15)14-5-3-10-4-6-16-8-10/h9-11H,3-8,13H2,1-2H3,(H,14,15)/t10?,11-/m1/s1. The first-order chi connectivity index (χ1) is 7.59. The molecule has 1 amide bonds. The molecule has 1 saturated heterocycles. The first kappa shape index (κ1) is 13.5. The van der Waals surface area contributed by atoms with Gasteiger partial charge < -0.3 is 15.8 Å². The van der Waals surface area contributed by atoms with E-state index in [1.54, 1.807) is 0 Å². The molecule has 3 N–H and O–H groups in total. The summed E-state index contributed by atoms with van der Waals surface area (Å²) < 4.78 is 5.28. The third kappa shape index (κ3) is 4.94. The average Bonchev–Trinajstić information content (AvgIpc) is 2.69. The van der Waals surface area contributed by atoms with Crippen molar-refractivity contribution in [3.05, 3.63) is 0 Å². The fraction of sp³-hybridized carbons (Fsp3) is 0.917. The predicted molar refractivity (Wildman–Crippen MR) is 64.0 cm³/mol. The van der Waals surface area contributed by atoms with Gasteiger partial charge in [0.25, 0.3) is 0 Å². The zero-order chi connectivity index (χ0) is 12.0. The van der Waals surface area contributed by atoms with Crippen molar-refractivity contribution in [2.75, 3.05) is 19.8 Å². The third-order valence-electron chi connectivity index (χ3n) is 2.94. The van der Waals surface area contributed by atoms with E-state index in [4.69, 9.17) is 10.5 Å². The monoisotopic (exact) mass is 228 g/mol. The highest BCUT2D eigenvalue weighted by atomic mass is 16.5. The van der Waals surface area contributed by atoms with Crippen LogP contribution in [0.15, 0.2) is 0 Å². The van der Waals surface area contributed by atoms with E-state index in [1.807, 2.05) is 0 Å². The maximum absolute atomic E-state index is 11.6. The van der Waals surface area contributed by atoms with Crippen LogP contribution in [0.1, 0.15) is 33.1 Å². The van der Waals surface area contributed by atoms with Gasteiger partial charge >= 0.3 is 0 Å². The van der Waals surface area contributed by atoms with E-state index in [2.05, 4.69) is 19.2 Å². The van der Waals surface area contributed by atoms with Crippen LogP contribution < -0.4 is 11.1 Å². The molecular weight excluding hydrogens is 204 g/mol. The van der Waals surface area contributed by atoms with Gasteiger partial charge in [0.15, 0.2) is 0 Å². The SMILES string of the molecule is CC(C)C[C@@H](N)C(=O)NCCC1CCOC1. The van der Waals surface area contributed by atoms with Crippen LogP contribution in [0.25, 0.3) is 0 Å². The fourth-order valence-electron chi connectivity index (χ4n) is 1.96. The molecule has 1 heterocycles. The summed E-state index contributed by atoms with van der Waals surface area (Å²) >= 11 is 0. The molecule has 1 aliphatic rings. The molecule has 2 atom stereocenters. The number of nitrogens with two attached hydrogens (primary N) is 1. The van der Waals surface area contributed by atoms with Crippen molar-refractivity contribution < 1.29 is 9.53 Å². The zero-order valence-corrected chi connectivity index (χ0v) is 10.4. The number of carbonyl (C=O) groups excluding carboxylic acids is 1. The summed E-state index contributed by atoms with van der Waals surface area (Å²) in [7, 11) is 0. The molecule has 94 valence electrons. The van der Waals surface area contributed by atoms with Crippen molar-refractivity contribution in [1.29, 1.82) is 0 Å². The summed E-state index contributed by atoms with van der Waals surface area (Å²) in [6.07, 6.45) is 2.87. The highest BCUT2D eigenvalue weighted by molar-refractivity contribution is 5.81. The minimum absolute atomic E-state index is 0.0207. The van der Waals surface area contributed by atoms with Crippen LogP contribution in [0, 0.1) is 11.8 Å². The van der Waals surface area contributed by atoms with Crippen LogP contribution in [0.5, 0.6) is 0 Å². The summed E-state index contributed by atoms with van der Waals surface area (Å²) in [5.74, 6) is 1.05. The van der Waals surface area contributed by atoms with E-state index >= 15 is 0 Å². The Labute approximate surface area is 97.9 Å². The molecule has 0 radical (unpaired) electrons. The second-order valence-electron chi connectivity index (χ2n) is 5.05. The molecule has 16 heavy (non-hydrogen) atoms. The molecule has 1 unspecified atom stereocenters. The van der Waals surface area contributed by atoms with Crippen LogP contribution >= 0.6 is 0 Å². The van der Waals surface area contributed by atoms with E-state index in [9.17, 15) is 4.79 Å². The topological polar surface area (TPSA) is 64.4 Å². The van der Waals surface area contributed by atoms with Crippen LogP contribution in [0.2, 0.25) is 0 Å². The van der Waals surface area contributed by atoms with E-state index in [1.165, 1.54) is 0 Å². The van der Waals surface area contributed by atoms with Crippen LogP contribution in [-0.2, 0) is 9.53 Å². The molecule has 0 aromatic carbocycles. The Hall–Kier alpha value is -0.610. The second-order valence-corrected chi connectivity index (χ2v) is 5.05. The van der Waals surface area contributed by atoms with Gasteiger partial charge in [0, 0.05) is 19.8 Å². The number of nitrogens with one attached hydrogen (secondary N) is 1. The summed E-state index contributed by atoms with van der Waals surface area (Å²) in [5.41, 5.74) is 5.78. The molecule has 0 bridgehead atoms. The van der Waals surface area contributed by atoms with Crippen molar-refractivity contribution in [3.8, 4) is 0 Å². The normalized spacial score (nSPS) is 22.4. The summed E-state index contributed by atoms with van der Waals surface area (Å²) in [6.45, 7) is 6.57. The Balaban J connectivity index is 2.09. The lowest BCUT2D eigenvalue weighted by Crippen LogP contribution is -2.42. The van der Waals surface area contributed by atoms with Crippen molar-refractivity contribution in [1.82, 2.24) is 5.32 Å². The fourth-order valence-corrected chi connectivity index (χ4v) is 1.96. The molecule has 4 heteroatoms. The Morgan fingerprint density at radius 1 is 1.56 bits per heavy atom. The Bertz CT molecular complexity index is 213. The molecular formula is C12H24N2O2. The number of hydrogen-bond acceptors (Lipinski definition) is 3. The van der Waals surface area contributed by atoms with Gasteiger partial charge in [-0.25, -0.2) is 0 Å². The van der Waals surface area contributed by atoms with Crippen molar-refractivity contribution in [3.63, 3.8) is 0 Å². The summed E-state index contributed by atoms with van der Waals surface area (Å²) in [4.78, 5) is 11.6. The lowest BCUT2D eigenvalue weighted by Gasteiger charge is -2.15. The number of hydrogen-bond donors (Lipinski definition) is 2. The Morgan fingerprint density at radius 2 is 2.31 bits per heavy atom. The minimum Gasteiger partial charge on any atom is -0.381 e. The largest absolute Gasteiger partial charge is 0.381 e. The summed E-state index contributed by atoms with van der Waals surface area (Å²) in [5, 5.41) is 2.90. The van der Waals surface area contributed by atoms with Gasteiger partial charge in [-0.05, 0) is 31.1 Å². The highest BCUT2D eigenvalue weighted by Crippen LogP contribution is 2.15. The molecule has 1 aliphatic heterocycles. The molecule has 1 rings (SSSR count). The van der Waals surface area contributed by atoms with E-state index in [0.29, 0.717) is 11.8 Å². The smallest absolute Gasteiger partial charge is 0.236 e. The molecule has 4 nitrogen and oxygen atoms in total. The van der Waals surface area contributed by atoms with Gasteiger partial charge in [-0.3, -0.25) is 4.79 Å². The lowest BCUT2D eigenvalue weighted by molar-refractivity contribution is -0.122. The zero-order valence-electron chi connectivity index (χ0n) is 10.4. The number of rotatable bonds is 6. The first-order valence-electron chi connectivity index (χ1n) is 6.20. The number of ether oxygens (including phenoxy) is 1. The maximum Gasteiger partial charge on any atom is 0.236 e. The van der Waals surface area contributed by atoms with Crippen molar-refractivity contribution >= 4 is 5.91 Å². The van der Waals surface area contributed by atoms with Crippen LogP contribution in [-0.4, -0.2) is 31.7 Å². The molecule has 1 fully saturated rings. The van der Waals surface area contributed by atoms with Gasteiger partial charge in [-0.15, -0.1) is 0 Å². The first-order valence-corrected chi connectivity index (χ1v) is 6.20. The Morgan fingerprint density at radius 3 is 2.88 bits per heavy atom. The minimum atomic E-state index is -0.361. The van der Waals surface area contributed by atoms with Crippen LogP contribution in [0.4, 0.5) is 0 Å². The number of amides is 1. The summed E-state index contributed by atoms with van der Waals surface area (Å²) in [6, 6.07) is -0.361. The molecule has 0 saturated carbocycles. The van der Waals surface area contributed by atoms with Gasteiger partial charge in [0.05, 0.1) is 6.04 Å². The van der Waals surface area contributed by atoms with Crippen molar-refractivity contribution in [2.45, 2.75) is 39.2 Å². The van der Waals surface area contributed by atoms with E-state index < -0.39 is 0 Å².